The minimum absolute atomic E-state index is 0.00497. The van der Waals surface area contributed by atoms with E-state index in [1.54, 1.807) is 4.90 Å². The molecule has 0 saturated carbocycles. The van der Waals surface area contributed by atoms with Gasteiger partial charge in [-0.2, -0.15) is 0 Å². The number of carbonyl (C=O) groups is 1. The minimum atomic E-state index is 0.00497. The number of carbonyl (C=O) groups excluding carboxylic acids is 1. The van der Waals surface area contributed by atoms with Gasteiger partial charge in [-0.3, -0.25) is 4.79 Å². The number of amides is 1. The second kappa shape index (κ2) is 5.14. The third kappa shape index (κ3) is 2.38. The summed E-state index contributed by atoms with van der Waals surface area (Å²) >= 11 is 2.20. The number of benzene rings is 1. The summed E-state index contributed by atoms with van der Waals surface area (Å²) in [6, 6.07) is 7.57. The van der Waals surface area contributed by atoms with Gasteiger partial charge in [-0.1, -0.05) is 6.07 Å². The van der Waals surface area contributed by atoms with Crippen molar-refractivity contribution in [2.24, 2.45) is 0 Å². The highest BCUT2D eigenvalue weighted by Crippen LogP contribution is 2.20. The Labute approximate surface area is 109 Å². The van der Waals surface area contributed by atoms with Crippen LogP contribution in [0.3, 0.4) is 0 Å². The van der Waals surface area contributed by atoms with Gasteiger partial charge in [-0.05, 0) is 53.6 Å². The smallest absolute Gasteiger partial charge is 0.254 e. The standard InChI is InChI=1S/C12H14INO2/c13-10-4-1-3-9(7-10)12(16)14-6-2-5-11(14)8-15/h1,3-4,7,11,15H,2,5-6,8H2. The molecule has 0 aromatic heterocycles. The molecule has 1 aliphatic heterocycles. The van der Waals surface area contributed by atoms with Gasteiger partial charge in [-0.25, -0.2) is 0 Å². The third-order valence-electron chi connectivity index (χ3n) is 2.92. The third-order valence-corrected chi connectivity index (χ3v) is 3.59. The van der Waals surface area contributed by atoms with Gasteiger partial charge in [0.15, 0.2) is 0 Å². The highest BCUT2D eigenvalue weighted by atomic mass is 127. The van der Waals surface area contributed by atoms with E-state index in [-0.39, 0.29) is 18.6 Å². The van der Waals surface area contributed by atoms with Crippen LogP contribution in [0.15, 0.2) is 24.3 Å². The molecule has 1 aliphatic rings. The zero-order valence-corrected chi connectivity index (χ0v) is 11.1. The van der Waals surface area contributed by atoms with Crippen LogP contribution in [0.25, 0.3) is 0 Å². The van der Waals surface area contributed by atoms with Crippen molar-refractivity contribution in [3.05, 3.63) is 33.4 Å². The zero-order valence-electron chi connectivity index (χ0n) is 8.90. The molecular weight excluding hydrogens is 317 g/mol. The maximum absolute atomic E-state index is 12.2. The van der Waals surface area contributed by atoms with Gasteiger partial charge in [0.1, 0.15) is 0 Å². The predicted octanol–water partition coefficient (Wildman–Crippen LogP) is 1.89. The van der Waals surface area contributed by atoms with E-state index in [0.29, 0.717) is 5.56 Å². The molecule has 1 aromatic carbocycles. The van der Waals surface area contributed by atoms with Crippen molar-refractivity contribution in [1.29, 1.82) is 0 Å². The predicted molar refractivity (Wildman–Crippen MR) is 70.3 cm³/mol. The molecule has 86 valence electrons. The van der Waals surface area contributed by atoms with Crippen LogP contribution in [0.1, 0.15) is 23.2 Å². The molecule has 0 bridgehead atoms. The average molecular weight is 331 g/mol. The van der Waals surface area contributed by atoms with E-state index < -0.39 is 0 Å². The van der Waals surface area contributed by atoms with Crippen molar-refractivity contribution in [2.45, 2.75) is 18.9 Å². The zero-order chi connectivity index (χ0) is 11.5. The van der Waals surface area contributed by atoms with Crippen LogP contribution in [0, 0.1) is 3.57 Å². The Morgan fingerprint density at radius 3 is 3.06 bits per heavy atom. The number of likely N-dealkylation sites (tertiary alicyclic amines) is 1. The maximum Gasteiger partial charge on any atom is 0.254 e. The average Bonchev–Trinajstić information content (AvgIpc) is 2.76. The Morgan fingerprint density at radius 1 is 1.56 bits per heavy atom. The summed E-state index contributed by atoms with van der Waals surface area (Å²) < 4.78 is 1.06. The van der Waals surface area contributed by atoms with Crippen LogP contribution in [0.4, 0.5) is 0 Å². The molecule has 1 atom stereocenters. The molecule has 0 spiro atoms. The van der Waals surface area contributed by atoms with Gasteiger partial charge in [0.2, 0.25) is 0 Å². The summed E-state index contributed by atoms with van der Waals surface area (Å²) in [5.74, 6) is 0.0371. The molecule has 1 fully saturated rings. The molecule has 1 amide bonds. The lowest BCUT2D eigenvalue weighted by Gasteiger charge is -2.23. The molecule has 1 aromatic rings. The number of hydrogen-bond acceptors (Lipinski definition) is 2. The first kappa shape index (κ1) is 11.9. The van der Waals surface area contributed by atoms with E-state index in [9.17, 15) is 9.90 Å². The van der Waals surface area contributed by atoms with Crippen LogP contribution < -0.4 is 0 Å². The van der Waals surface area contributed by atoms with Crippen molar-refractivity contribution in [1.82, 2.24) is 4.90 Å². The molecule has 1 heterocycles. The highest BCUT2D eigenvalue weighted by Gasteiger charge is 2.28. The number of nitrogens with zero attached hydrogens (tertiary/aromatic N) is 1. The van der Waals surface area contributed by atoms with Crippen molar-refractivity contribution >= 4 is 28.5 Å². The van der Waals surface area contributed by atoms with Crippen LogP contribution in [-0.2, 0) is 0 Å². The van der Waals surface area contributed by atoms with E-state index in [2.05, 4.69) is 22.6 Å². The lowest BCUT2D eigenvalue weighted by molar-refractivity contribution is 0.0677. The Morgan fingerprint density at radius 2 is 2.38 bits per heavy atom. The number of hydrogen-bond donors (Lipinski definition) is 1. The van der Waals surface area contributed by atoms with Crippen LogP contribution in [-0.4, -0.2) is 35.1 Å². The lowest BCUT2D eigenvalue weighted by atomic mass is 10.2. The molecule has 16 heavy (non-hydrogen) atoms. The first-order valence-electron chi connectivity index (χ1n) is 5.40. The van der Waals surface area contributed by atoms with Crippen molar-refractivity contribution in [3.8, 4) is 0 Å². The Kier molecular flexibility index (Phi) is 3.81. The van der Waals surface area contributed by atoms with Crippen LogP contribution in [0.5, 0.6) is 0 Å². The number of aliphatic hydroxyl groups is 1. The van der Waals surface area contributed by atoms with Gasteiger partial charge in [0, 0.05) is 15.7 Å². The monoisotopic (exact) mass is 331 g/mol. The minimum Gasteiger partial charge on any atom is -0.394 e. The fourth-order valence-electron chi connectivity index (χ4n) is 2.08. The van der Waals surface area contributed by atoms with Crippen molar-refractivity contribution in [3.63, 3.8) is 0 Å². The van der Waals surface area contributed by atoms with Gasteiger partial charge in [-0.15, -0.1) is 0 Å². The van der Waals surface area contributed by atoms with Crippen LogP contribution in [0.2, 0.25) is 0 Å². The van der Waals surface area contributed by atoms with E-state index in [1.807, 2.05) is 24.3 Å². The fourth-order valence-corrected chi connectivity index (χ4v) is 2.62. The van der Waals surface area contributed by atoms with E-state index in [4.69, 9.17) is 0 Å². The first-order chi connectivity index (χ1) is 7.72. The molecule has 1 unspecified atom stereocenters. The second-order valence-corrected chi connectivity index (χ2v) is 5.23. The number of rotatable bonds is 2. The Balaban J connectivity index is 2.18. The normalized spacial score (nSPS) is 20.1. The second-order valence-electron chi connectivity index (χ2n) is 3.99. The Bertz CT molecular complexity index is 394. The molecule has 2 rings (SSSR count). The number of halogens is 1. The molecule has 1 N–H and O–H groups in total. The van der Waals surface area contributed by atoms with Gasteiger partial charge >= 0.3 is 0 Å². The first-order valence-corrected chi connectivity index (χ1v) is 6.47. The molecule has 0 radical (unpaired) electrons. The molecule has 4 heteroatoms. The topological polar surface area (TPSA) is 40.5 Å². The summed E-state index contributed by atoms with van der Waals surface area (Å²) in [5, 5.41) is 9.19. The fraction of sp³-hybridized carbons (Fsp3) is 0.417. The maximum atomic E-state index is 12.2. The molecule has 0 aliphatic carbocycles. The summed E-state index contributed by atoms with van der Waals surface area (Å²) in [4.78, 5) is 14.0. The highest BCUT2D eigenvalue weighted by molar-refractivity contribution is 14.1. The van der Waals surface area contributed by atoms with Crippen LogP contribution >= 0.6 is 22.6 Å². The van der Waals surface area contributed by atoms with E-state index in [0.717, 1.165) is 23.0 Å². The summed E-state index contributed by atoms with van der Waals surface area (Å²) in [6.45, 7) is 0.825. The summed E-state index contributed by atoms with van der Waals surface area (Å²) in [7, 11) is 0. The van der Waals surface area contributed by atoms with Crippen molar-refractivity contribution < 1.29 is 9.90 Å². The SMILES string of the molecule is O=C(c1cccc(I)c1)N1CCCC1CO. The Hall–Kier alpha value is -0.620. The van der Waals surface area contributed by atoms with Gasteiger partial charge in [0.25, 0.3) is 5.91 Å². The quantitative estimate of drug-likeness (QED) is 0.841. The van der Waals surface area contributed by atoms with E-state index in [1.165, 1.54) is 0 Å². The summed E-state index contributed by atoms with van der Waals surface area (Å²) in [5.41, 5.74) is 0.715. The van der Waals surface area contributed by atoms with Gasteiger partial charge < -0.3 is 10.0 Å². The van der Waals surface area contributed by atoms with Crippen molar-refractivity contribution in [2.75, 3.05) is 13.2 Å². The molecule has 3 nitrogen and oxygen atoms in total. The van der Waals surface area contributed by atoms with E-state index >= 15 is 0 Å². The lowest BCUT2D eigenvalue weighted by Crippen LogP contribution is -2.37. The van der Waals surface area contributed by atoms with Gasteiger partial charge in [0.05, 0.1) is 12.6 Å². The molecular formula is C12H14INO2. The molecule has 1 saturated heterocycles. The summed E-state index contributed by atoms with van der Waals surface area (Å²) in [6.07, 6.45) is 1.90. The largest absolute Gasteiger partial charge is 0.394 e. The number of aliphatic hydroxyl groups excluding tert-OH is 1.